The second-order valence-electron chi connectivity index (χ2n) is 11.9. The topological polar surface area (TPSA) is 152 Å². The van der Waals surface area contributed by atoms with Crippen LogP contribution >= 0.6 is 22.9 Å². The number of rotatable bonds is 16. The number of aliphatic hydroxyl groups excluding tert-OH is 1. The Labute approximate surface area is 301 Å². The summed E-state index contributed by atoms with van der Waals surface area (Å²) in [6.07, 6.45) is -1.15. The number of aliphatic hydroxyl groups is 1. The molecule has 1 fully saturated rings. The number of unbranched alkanes of at least 4 members (excludes halogenated alkanes) is 1. The van der Waals surface area contributed by atoms with Gasteiger partial charge in [0.15, 0.2) is 5.82 Å². The lowest BCUT2D eigenvalue weighted by Crippen LogP contribution is -2.36. The third-order valence-corrected chi connectivity index (χ3v) is 8.94. The molecule has 0 saturated carbocycles. The van der Waals surface area contributed by atoms with Crippen LogP contribution in [0.1, 0.15) is 60.0 Å². The Hall–Kier alpha value is -4.38. The molecule has 3 N–H and O–H groups in total. The van der Waals surface area contributed by atoms with Gasteiger partial charge >= 0.3 is 12.3 Å². The van der Waals surface area contributed by atoms with Gasteiger partial charge < -0.3 is 19.9 Å². The second-order valence-corrected chi connectivity index (χ2v) is 13.4. The third kappa shape index (κ3) is 12.7. The molecule has 0 radical (unpaired) electrons. The molecule has 0 spiro atoms. The maximum Gasteiger partial charge on any atom is 0.573 e. The first-order valence-electron chi connectivity index (χ1n) is 16.4. The maximum atomic E-state index is 13.3. The fourth-order valence-electron chi connectivity index (χ4n) is 5.45. The molecule has 1 aliphatic heterocycles. The smallest absolute Gasteiger partial charge is 0.446 e. The van der Waals surface area contributed by atoms with E-state index in [4.69, 9.17) is 16.3 Å². The summed E-state index contributed by atoms with van der Waals surface area (Å²) in [5, 5.41) is 33.8. The van der Waals surface area contributed by atoms with Gasteiger partial charge in [0.1, 0.15) is 17.0 Å². The summed E-state index contributed by atoms with van der Waals surface area (Å²) in [5.74, 6) is -1.10. The van der Waals surface area contributed by atoms with Crippen molar-refractivity contribution in [2.45, 2.75) is 70.1 Å². The van der Waals surface area contributed by atoms with Crippen molar-refractivity contribution in [1.82, 2.24) is 25.3 Å². The summed E-state index contributed by atoms with van der Waals surface area (Å²) in [7, 11) is 0. The van der Waals surface area contributed by atoms with E-state index in [2.05, 4.69) is 35.8 Å². The number of aryl methyl sites for hydroxylation is 2. The first kappa shape index (κ1) is 37.9. The molecule has 2 aromatic heterocycles. The number of amides is 1. The summed E-state index contributed by atoms with van der Waals surface area (Å²) >= 11 is 7.40. The molecule has 2 unspecified atom stereocenters. The largest absolute Gasteiger partial charge is 0.573 e. The van der Waals surface area contributed by atoms with Crippen molar-refractivity contribution in [1.29, 1.82) is 0 Å². The zero-order valence-corrected chi connectivity index (χ0v) is 29.0. The Morgan fingerprint density at radius 2 is 1.75 bits per heavy atom. The molecule has 1 saturated heterocycles. The SMILES string of the molecule is O=C(CN1CCCCC1)OC(C(=O)Nc1nnc(CCCCc2ccc(NC(O)Cc3cccc(OC(F)(F)F)c3)nn2)s1)c1cccc(Cl)c1. The van der Waals surface area contributed by atoms with Gasteiger partial charge in [0.05, 0.1) is 12.2 Å². The summed E-state index contributed by atoms with van der Waals surface area (Å²) in [4.78, 5) is 28.1. The lowest BCUT2D eigenvalue weighted by Gasteiger charge is -2.26. The Morgan fingerprint density at radius 1 is 0.961 bits per heavy atom. The summed E-state index contributed by atoms with van der Waals surface area (Å²) < 4.78 is 47.1. The highest BCUT2D eigenvalue weighted by Gasteiger charge is 2.31. The molecule has 2 atom stereocenters. The number of hydrogen-bond acceptors (Lipinski definition) is 12. The number of esters is 1. The normalized spacial score (nSPS) is 14.8. The van der Waals surface area contributed by atoms with Crippen LogP contribution in [0.3, 0.4) is 0 Å². The molecular formula is C34H37ClF3N7O5S. The molecule has 17 heteroatoms. The van der Waals surface area contributed by atoms with Crippen LogP contribution in [0.4, 0.5) is 24.1 Å². The molecule has 272 valence electrons. The second kappa shape index (κ2) is 18.2. The Bertz CT molecular complexity index is 1740. The monoisotopic (exact) mass is 747 g/mol. The number of likely N-dealkylation sites (tertiary alicyclic amines) is 1. The molecular weight excluding hydrogens is 711 g/mol. The van der Waals surface area contributed by atoms with Crippen LogP contribution in [0.15, 0.2) is 60.7 Å². The van der Waals surface area contributed by atoms with Crippen molar-refractivity contribution in [2.75, 3.05) is 30.3 Å². The van der Waals surface area contributed by atoms with Crippen molar-refractivity contribution in [3.8, 4) is 5.75 Å². The first-order valence-corrected chi connectivity index (χ1v) is 17.6. The van der Waals surface area contributed by atoms with Crippen LogP contribution < -0.4 is 15.4 Å². The van der Waals surface area contributed by atoms with Gasteiger partial charge in [-0.05, 0) is 87.2 Å². The van der Waals surface area contributed by atoms with Gasteiger partial charge in [0.25, 0.3) is 5.91 Å². The summed E-state index contributed by atoms with van der Waals surface area (Å²) in [6.45, 7) is 1.73. The van der Waals surface area contributed by atoms with Crippen molar-refractivity contribution >= 4 is 45.8 Å². The number of benzene rings is 2. The highest BCUT2D eigenvalue weighted by Crippen LogP contribution is 2.26. The Kier molecular flexibility index (Phi) is 13.5. The highest BCUT2D eigenvalue weighted by molar-refractivity contribution is 7.15. The van der Waals surface area contributed by atoms with E-state index in [0.29, 0.717) is 34.8 Å². The van der Waals surface area contributed by atoms with Crippen LogP contribution in [0.2, 0.25) is 5.02 Å². The minimum atomic E-state index is -4.80. The van der Waals surface area contributed by atoms with Gasteiger partial charge in [-0.15, -0.1) is 28.5 Å². The average Bonchev–Trinajstić information content (AvgIpc) is 3.53. The van der Waals surface area contributed by atoms with E-state index in [9.17, 15) is 27.9 Å². The van der Waals surface area contributed by atoms with E-state index in [-0.39, 0.29) is 23.8 Å². The number of carbonyl (C=O) groups is 2. The molecule has 4 aromatic rings. The molecule has 3 heterocycles. The number of hydrogen-bond donors (Lipinski definition) is 3. The zero-order chi connectivity index (χ0) is 36.2. The zero-order valence-electron chi connectivity index (χ0n) is 27.4. The number of alkyl halides is 3. The van der Waals surface area contributed by atoms with Crippen LogP contribution in [0, 0.1) is 0 Å². The van der Waals surface area contributed by atoms with Gasteiger partial charge in [0, 0.05) is 23.4 Å². The number of ether oxygens (including phenoxy) is 2. The highest BCUT2D eigenvalue weighted by atomic mass is 35.5. The van der Waals surface area contributed by atoms with Crippen molar-refractivity contribution in [3.63, 3.8) is 0 Å². The molecule has 2 aromatic carbocycles. The van der Waals surface area contributed by atoms with E-state index in [1.54, 1.807) is 42.5 Å². The Balaban J connectivity index is 1.05. The lowest BCUT2D eigenvalue weighted by atomic mass is 10.1. The number of carbonyl (C=O) groups excluding carboxylic acids is 2. The molecule has 0 bridgehead atoms. The number of nitrogens with zero attached hydrogens (tertiary/aromatic N) is 5. The van der Waals surface area contributed by atoms with Gasteiger partial charge in [-0.3, -0.25) is 19.8 Å². The maximum absolute atomic E-state index is 13.3. The third-order valence-electron chi connectivity index (χ3n) is 7.81. The van der Waals surface area contributed by atoms with Gasteiger partial charge in [-0.2, -0.15) is 5.10 Å². The molecule has 1 aliphatic rings. The number of nitrogens with one attached hydrogen (secondary N) is 2. The van der Waals surface area contributed by atoms with E-state index in [1.165, 1.54) is 29.5 Å². The number of halogens is 4. The van der Waals surface area contributed by atoms with Gasteiger partial charge in [0.2, 0.25) is 11.2 Å². The van der Waals surface area contributed by atoms with Gasteiger partial charge in [-0.25, -0.2) is 0 Å². The van der Waals surface area contributed by atoms with Crippen LogP contribution in [0.5, 0.6) is 5.75 Å². The average molecular weight is 748 g/mol. The number of piperidine rings is 1. The minimum Gasteiger partial charge on any atom is -0.446 e. The van der Waals surface area contributed by atoms with Crippen molar-refractivity contribution in [3.05, 3.63) is 87.5 Å². The summed E-state index contributed by atoms with van der Waals surface area (Å²) in [6, 6.07) is 15.5. The van der Waals surface area contributed by atoms with E-state index >= 15 is 0 Å². The first-order chi connectivity index (χ1) is 24.5. The van der Waals surface area contributed by atoms with Gasteiger partial charge in [-0.1, -0.05) is 53.6 Å². The molecule has 0 aliphatic carbocycles. The summed E-state index contributed by atoms with van der Waals surface area (Å²) in [5.41, 5.74) is 1.63. The van der Waals surface area contributed by atoms with Crippen LogP contribution in [0.25, 0.3) is 0 Å². The standard InChI is InChI=1S/C34H37ClF3N7O5S/c35-24-10-7-9-23(20-24)31(49-30(47)21-45-16-4-1-5-17-45)32(48)40-33-44-43-29(51-33)13-3-2-11-25-14-15-27(42-41-25)39-28(46)19-22-8-6-12-26(18-22)50-34(36,37)38/h6-10,12,14-15,18,20,28,31,46H,1-5,11,13,16-17,19,21H2,(H,39,42)(H,40,44,48). The van der Waals surface area contributed by atoms with Crippen molar-refractivity contribution in [2.24, 2.45) is 0 Å². The molecule has 1 amide bonds. The molecule has 12 nitrogen and oxygen atoms in total. The van der Waals surface area contributed by atoms with E-state index in [1.807, 2.05) is 4.90 Å². The van der Waals surface area contributed by atoms with E-state index < -0.39 is 30.6 Å². The molecule has 5 rings (SSSR count). The van der Waals surface area contributed by atoms with E-state index in [0.717, 1.165) is 55.9 Å². The number of anilines is 2. The molecule has 51 heavy (non-hydrogen) atoms. The fraction of sp³-hybridized carbons (Fsp3) is 0.412. The number of aromatic nitrogens is 4. The van der Waals surface area contributed by atoms with Crippen LogP contribution in [-0.2, 0) is 33.6 Å². The van der Waals surface area contributed by atoms with Crippen molar-refractivity contribution < 1.29 is 37.3 Å². The van der Waals surface area contributed by atoms with Crippen LogP contribution in [-0.4, -0.2) is 74.5 Å². The predicted molar refractivity (Wildman–Crippen MR) is 184 cm³/mol. The fourth-order valence-corrected chi connectivity index (χ4v) is 6.44. The Morgan fingerprint density at radius 3 is 2.49 bits per heavy atom. The predicted octanol–water partition coefficient (Wildman–Crippen LogP) is 6.13. The lowest BCUT2D eigenvalue weighted by molar-refractivity contribution is -0.274. The minimum absolute atomic E-state index is 0.0181. The quantitative estimate of drug-likeness (QED) is 0.0690.